The number of aromatic amines is 1. The fraction of sp³-hybridized carbons (Fsp3) is 0.417. The maximum Gasteiger partial charge on any atom is 0.129 e. The predicted molar refractivity (Wildman–Crippen MR) is 66.1 cm³/mol. The smallest absolute Gasteiger partial charge is 0.129 e. The lowest BCUT2D eigenvalue weighted by molar-refractivity contribution is 0.193. The molecule has 1 unspecified atom stereocenters. The Kier molecular flexibility index (Phi) is 3.18. The molecule has 6 nitrogen and oxygen atoms in total. The second-order valence-electron chi connectivity index (χ2n) is 4.32. The zero-order valence-electron chi connectivity index (χ0n) is 9.97. The molecule has 1 aliphatic rings. The largest absolute Gasteiger partial charge is 0.381 e. The van der Waals surface area contributed by atoms with Crippen LogP contribution in [0, 0.1) is 0 Å². The third kappa shape index (κ3) is 2.48. The molecule has 0 radical (unpaired) electrons. The Bertz CT molecular complexity index is 493. The molecule has 1 atom stereocenters. The number of hydrogen-bond donors (Lipinski definition) is 2. The van der Waals surface area contributed by atoms with Gasteiger partial charge in [-0.05, 0) is 12.5 Å². The van der Waals surface area contributed by atoms with E-state index in [9.17, 15) is 0 Å². The number of nitrogens with one attached hydrogen (secondary N) is 2. The Balaban J connectivity index is 1.66. The van der Waals surface area contributed by atoms with Crippen LogP contribution in [0.5, 0.6) is 0 Å². The molecular formula is C12H15N5O. The molecule has 2 aromatic rings. The van der Waals surface area contributed by atoms with Crippen molar-refractivity contribution in [2.24, 2.45) is 0 Å². The fourth-order valence-electron chi connectivity index (χ4n) is 2.03. The number of ether oxygens (including phenoxy) is 1. The van der Waals surface area contributed by atoms with Gasteiger partial charge in [0, 0.05) is 24.8 Å². The first-order valence-electron chi connectivity index (χ1n) is 6.03. The van der Waals surface area contributed by atoms with E-state index in [0.29, 0.717) is 12.5 Å². The Labute approximate surface area is 105 Å². The van der Waals surface area contributed by atoms with Crippen LogP contribution in [0.3, 0.4) is 0 Å². The summed E-state index contributed by atoms with van der Waals surface area (Å²) < 4.78 is 5.38. The molecule has 3 rings (SSSR count). The first-order chi connectivity index (χ1) is 8.92. The van der Waals surface area contributed by atoms with Crippen molar-refractivity contribution in [3.05, 3.63) is 36.0 Å². The van der Waals surface area contributed by atoms with Crippen LogP contribution in [0.2, 0.25) is 0 Å². The van der Waals surface area contributed by atoms with Crippen LogP contribution in [-0.4, -0.2) is 33.4 Å². The van der Waals surface area contributed by atoms with Gasteiger partial charge >= 0.3 is 0 Å². The minimum absolute atomic E-state index is 0.403. The van der Waals surface area contributed by atoms with E-state index in [-0.39, 0.29) is 0 Å². The van der Waals surface area contributed by atoms with Crippen LogP contribution < -0.4 is 5.32 Å². The van der Waals surface area contributed by atoms with Crippen LogP contribution in [0.4, 0.5) is 5.82 Å². The van der Waals surface area contributed by atoms with Gasteiger partial charge in [-0.2, -0.15) is 5.10 Å². The summed E-state index contributed by atoms with van der Waals surface area (Å²) in [7, 11) is 0. The molecule has 0 aromatic carbocycles. The minimum atomic E-state index is 0.403. The van der Waals surface area contributed by atoms with Crippen LogP contribution in [-0.2, 0) is 11.3 Å². The molecule has 0 aliphatic carbocycles. The van der Waals surface area contributed by atoms with Gasteiger partial charge in [-0.3, -0.25) is 5.10 Å². The van der Waals surface area contributed by atoms with E-state index in [2.05, 4.69) is 25.5 Å². The zero-order chi connectivity index (χ0) is 12.2. The number of hydrogen-bond acceptors (Lipinski definition) is 5. The molecular weight excluding hydrogens is 230 g/mol. The molecule has 2 N–H and O–H groups in total. The van der Waals surface area contributed by atoms with Gasteiger partial charge in [0.2, 0.25) is 0 Å². The summed E-state index contributed by atoms with van der Waals surface area (Å²) in [5, 5.41) is 10.0. The second kappa shape index (κ2) is 5.14. The molecule has 18 heavy (non-hydrogen) atoms. The van der Waals surface area contributed by atoms with Crippen LogP contribution in [0.15, 0.2) is 24.7 Å². The first-order valence-corrected chi connectivity index (χ1v) is 6.03. The van der Waals surface area contributed by atoms with Crippen molar-refractivity contribution < 1.29 is 4.74 Å². The summed E-state index contributed by atoms with van der Waals surface area (Å²) in [6.07, 6.45) is 4.37. The molecule has 0 bridgehead atoms. The standard InChI is InChI=1S/C12H15N5O/c1-3-16-17-10(1)6-13-12-5-11(14-8-15-12)9-2-4-18-7-9/h1,3,5,8-9H,2,4,6-7H2,(H,16,17)(H,13,14,15). The number of nitrogens with zero attached hydrogens (tertiary/aromatic N) is 3. The molecule has 1 aliphatic heterocycles. The van der Waals surface area contributed by atoms with E-state index in [1.165, 1.54) is 0 Å². The lowest BCUT2D eigenvalue weighted by Gasteiger charge is -2.09. The topological polar surface area (TPSA) is 75.7 Å². The summed E-state index contributed by atoms with van der Waals surface area (Å²) in [6, 6.07) is 3.93. The van der Waals surface area contributed by atoms with E-state index >= 15 is 0 Å². The van der Waals surface area contributed by atoms with Gasteiger partial charge in [0.05, 0.1) is 24.5 Å². The molecule has 94 valence electrons. The van der Waals surface area contributed by atoms with Crippen molar-refractivity contribution in [2.45, 2.75) is 18.9 Å². The lowest BCUT2D eigenvalue weighted by atomic mass is 10.1. The highest BCUT2D eigenvalue weighted by Crippen LogP contribution is 2.24. The summed E-state index contributed by atoms with van der Waals surface area (Å²) in [5.74, 6) is 1.24. The van der Waals surface area contributed by atoms with E-state index in [4.69, 9.17) is 4.74 Å². The van der Waals surface area contributed by atoms with Crippen molar-refractivity contribution >= 4 is 5.82 Å². The minimum Gasteiger partial charge on any atom is -0.381 e. The van der Waals surface area contributed by atoms with Gasteiger partial charge in [0.25, 0.3) is 0 Å². The molecule has 6 heteroatoms. The number of rotatable bonds is 4. The molecule has 0 saturated carbocycles. The zero-order valence-corrected chi connectivity index (χ0v) is 9.97. The molecule has 0 spiro atoms. The van der Waals surface area contributed by atoms with Crippen LogP contribution in [0.25, 0.3) is 0 Å². The third-order valence-corrected chi connectivity index (χ3v) is 3.05. The molecule has 0 amide bonds. The average Bonchev–Trinajstić information content (AvgIpc) is 3.10. The van der Waals surface area contributed by atoms with Gasteiger partial charge < -0.3 is 10.1 Å². The summed E-state index contributed by atoms with van der Waals surface area (Å²) >= 11 is 0. The summed E-state index contributed by atoms with van der Waals surface area (Å²) in [6.45, 7) is 2.26. The third-order valence-electron chi connectivity index (χ3n) is 3.05. The van der Waals surface area contributed by atoms with E-state index < -0.39 is 0 Å². The van der Waals surface area contributed by atoms with E-state index in [1.807, 2.05) is 12.1 Å². The monoisotopic (exact) mass is 245 g/mol. The van der Waals surface area contributed by atoms with Crippen LogP contribution in [0.1, 0.15) is 23.7 Å². The highest BCUT2D eigenvalue weighted by molar-refractivity contribution is 5.36. The molecule has 2 aromatic heterocycles. The van der Waals surface area contributed by atoms with Crippen molar-refractivity contribution in [1.82, 2.24) is 20.2 Å². The SMILES string of the molecule is c1cc(CNc2cc(C3CCOC3)ncn2)[nH]n1. The Hall–Kier alpha value is -1.95. The normalized spacial score (nSPS) is 19.0. The number of aromatic nitrogens is 4. The lowest BCUT2D eigenvalue weighted by Crippen LogP contribution is -2.06. The van der Waals surface area contributed by atoms with E-state index in [0.717, 1.165) is 36.8 Å². The summed E-state index contributed by atoms with van der Waals surface area (Å²) in [4.78, 5) is 8.53. The van der Waals surface area contributed by atoms with E-state index in [1.54, 1.807) is 12.5 Å². The molecule has 1 saturated heterocycles. The average molecular weight is 245 g/mol. The second-order valence-corrected chi connectivity index (χ2v) is 4.32. The number of anilines is 1. The highest BCUT2D eigenvalue weighted by Gasteiger charge is 2.19. The predicted octanol–water partition coefficient (Wildman–Crippen LogP) is 1.32. The first kappa shape index (κ1) is 11.2. The fourth-order valence-corrected chi connectivity index (χ4v) is 2.03. The Morgan fingerprint density at radius 1 is 1.44 bits per heavy atom. The maximum atomic E-state index is 5.38. The van der Waals surface area contributed by atoms with Crippen molar-refractivity contribution in [1.29, 1.82) is 0 Å². The Morgan fingerprint density at radius 3 is 3.22 bits per heavy atom. The highest BCUT2D eigenvalue weighted by atomic mass is 16.5. The van der Waals surface area contributed by atoms with Gasteiger partial charge in [-0.25, -0.2) is 9.97 Å². The molecule has 3 heterocycles. The quantitative estimate of drug-likeness (QED) is 0.849. The van der Waals surface area contributed by atoms with Gasteiger partial charge in [-0.15, -0.1) is 0 Å². The summed E-state index contributed by atoms with van der Waals surface area (Å²) in [5.41, 5.74) is 2.08. The van der Waals surface area contributed by atoms with Crippen molar-refractivity contribution in [3.8, 4) is 0 Å². The maximum absolute atomic E-state index is 5.38. The van der Waals surface area contributed by atoms with Gasteiger partial charge in [0.15, 0.2) is 0 Å². The number of H-pyrrole nitrogens is 1. The van der Waals surface area contributed by atoms with Gasteiger partial charge in [0.1, 0.15) is 12.1 Å². The van der Waals surface area contributed by atoms with Gasteiger partial charge in [-0.1, -0.05) is 0 Å². The molecule has 1 fully saturated rings. The Morgan fingerprint density at radius 2 is 2.44 bits per heavy atom. The van der Waals surface area contributed by atoms with Crippen molar-refractivity contribution in [3.63, 3.8) is 0 Å². The van der Waals surface area contributed by atoms with Crippen molar-refractivity contribution in [2.75, 3.05) is 18.5 Å². The van der Waals surface area contributed by atoms with Crippen LogP contribution >= 0.6 is 0 Å².